The van der Waals surface area contributed by atoms with Crippen LogP contribution in [0.4, 0.5) is 0 Å². The van der Waals surface area contributed by atoms with Crippen LogP contribution in [0.5, 0.6) is 0 Å². The lowest BCUT2D eigenvalue weighted by molar-refractivity contribution is -0.131. The summed E-state index contributed by atoms with van der Waals surface area (Å²) in [5.74, 6) is 1.34. The molecule has 1 atom stereocenters. The molecule has 0 saturated carbocycles. The molecule has 3 rings (SSSR count). The lowest BCUT2D eigenvalue weighted by Gasteiger charge is -2.32. The van der Waals surface area contributed by atoms with Gasteiger partial charge in [-0.2, -0.15) is 0 Å². The molecule has 0 bridgehead atoms. The molecule has 23 heavy (non-hydrogen) atoms. The summed E-state index contributed by atoms with van der Waals surface area (Å²) in [6.45, 7) is 5.59. The van der Waals surface area contributed by atoms with Crippen molar-refractivity contribution < 1.29 is 4.79 Å². The third-order valence-electron chi connectivity index (χ3n) is 4.59. The Morgan fingerprint density at radius 3 is 2.87 bits per heavy atom. The standard InChI is InChI=1S/C19H23N3O/c1-14-6-3-4-7-16(14)12-19(23)22-11-5-8-17(13-22)18-9-10-20-15(2)21-18/h3-4,6-7,9-10,17H,5,8,11-13H2,1-2H3/t17-/m1/s1. The maximum absolute atomic E-state index is 12.7. The average molecular weight is 309 g/mol. The molecule has 1 fully saturated rings. The molecule has 2 heterocycles. The van der Waals surface area contributed by atoms with Crippen LogP contribution in [0.15, 0.2) is 36.5 Å². The largest absolute Gasteiger partial charge is 0.342 e. The molecule has 0 N–H and O–H groups in total. The predicted octanol–water partition coefficient (Wildman–Crippen LogP) is 3.04. The molecule has 1 aromatic heterocycles. The van der Waals surface area contributed by atoms with Gasteiger partial charge in [-0.3, -0.25) is 4.79 Å². The second-order valence-corrected chi connectivity index (χ2v) is 6.31. The van der Waals surface area contributed by atoms with Gasteiger partial charge in [-0.15, -0.1) is 0 Å². The average Bonchev–Trinajstić information content (AvgIpc) is 2.57. The van der Waals surface area contributed by atoms with E-state index >= 15 is 0 Å². The summed E-state index contributed by atoms with van der Waals surface area (Å²) < 4.78 is 0. The van der Waals surface area contributed by atoms with Crippen molar-refractivity contribution in [2.75, 3.05) is 13.1 Å². The van der Waals surface area contributed by atoms with Crippen LogP contribution in [-0.2, 0) is 11.2 Å². The first-order chi connectivity index (χ1) is 11.1. The number of hydrogen-bond donors (Lipinski definition) is 0. The fourth-order valence-electron chi connectivity index (χ4n) is 3.23. The number of nitrogens with zero attached hydrogens (tertiary/aromatic N) is 3. The van der Waals surface area contributed by atoms with Crippen molar-refractivity contribution in [2.45, 2.75) is 39.0 Å². The number of amides is 1. The highest BCUT2D eigenvalue weighted by Crippen LogP contribution is 2.26. The smallest absolute Gasteiger partial charge is 0.227 e. The number of likely N-dealkylation sites (tertiary alicyclic amines) is 1. The Hall–Kier alpha value is -2.23. The van der Waals surface area contributed by atoms with Gasteiger partial charge in [0, 0.05) is 30.9 Å². The van der Waals surface area contributed by atoms with E-state index in [1.807, 2.05) is 42.3 Å². The van der Waals surface area contributed by atoms with E-state index in [0.717, 1.165) is 43.0 Å². The molecule has 0 aliphatic carbocycles. The minimum atomic E-state index is 0.217. The first-order valence-electron chi connectivity index (χ1n) is 8.25. The molecule has 1 aromatic carbocycles. The number of hydrogen-bond acceptors (Lipinski definition) is 3. The highest BCUT2D eigenvalue weighted by molar-refractivity contribution is 5.79. The Balaban J connectivity index is 1.68. The lowest BCUT2D eigenvalue weighted by atomic mass is 9.94. The molecule has 0 spiro atoms. The number of carbonyl (C=O) groups excluding carboxylic acids is 1. The summed E-state index contributed by atoms with van der Waals surface area (Å²) in [6.07, 6.45) is 4.42. The molecule has 1 aliphatic rings. The van der Waals surface area contributed by atoms with Crippen LogP contribution in [-0.4, -0.2) is 33.9 Å². The summed E-state index contributed by atoms with van der Waals surface area (Å²) in [5, 5.41) is 0. The maximum atomic E-state index is 12.7. The molecule has 1 saturated heterocycles. The minimum Gasteiger partial charge on any atom is -0.342 e. The van der Waals surface area contributed by atoms with Crippen LogP contribution in [0.25, 0.3) is 0 Å². The number of carbonyl (C=O) groups is 1. The third kappa shape index (κ3) is 3.76. The Kier molecular flexibility index (Phi) is 4.70. The van der Waals surface area contributed by atoms with Crippen LogP contribution in [0.2, 0.25) is 0 Å². The van der Waals surface area contributed by atoms with E-state index in [1.165, 1.54) is 5.56 Å². The van der Waals surface area contributed by atoms with Gasteiger partial charge >= 0.3 is 0 Å². The Morgan fingerprint density at radius 1 is 1.26 bits per heavy atom. The van der Waals surface area contributed by atoms with E-state index in [4.69, 9.17) is 0 Å². The van der Waals surface area contributed by atoms with Gasteiger partial charge < -0.3 is 4.90 Å². The number of aryl methyl sites for hydroxylation is 2. The number of aromatic nitrogens is 2. The third-order valence-corrected chi connectivity index (χ3v) is 4.59. The molecular weight excluding hydrogens is 286 g/mol. The molecular formula is C19H23N3O. The molecule has 0 unspecified atom stereocenters. The number of benzene rings is 1. The fraction of sp³-hybridized carbons (Fsp3) is 0.421. The van der Waals surface area contributed by atoms with E-state index in [1.54, 1.807) is 0 Å². The zero-order chi connectivity index (χ0) is 16.2. The fourth-order valence-corrected chi connectivity index (χ4v) is 3.23. The highest BCUT2D eigenvalue weighted by atomic mass is 16.2. The van der Waals surface area contributed by atoms with E-state index < -0.39 is 0 Å². The normalized spacial score (nSPS) is 18.0. The molecule has 4 nitrogen and oxygen atoms in total. The van der Waals surface area contributed by atoms with Crippen LogP contribution in [0.3, 0.4) is 0 Å². The first kappa shape index (κ1) is 15.7. The van der Waals surface area contributed by atoms with Crippen molar-refractivity contribution in [3.63, 3.8) is 0 Å². The summed E-state index contributed by atoms with van der Waals surface area (Å²) in [5.41, 5.74) is 3.37. The molecule has 4 heteroatoms. The number of rotatable bonds is 3. The van der Waals surface area contributed by atoms with Crippen LogP contribution < -0.4 is 0 Å². The van der Waals surface area contributed by atoms with Gasteiger partial charge in [0.1, 0.15) is 5.82 Å². The van der Waals surface area contributed by atoms with Crippen LogP contribution in [0.1, 0.15) is 41.4 Å². The molecule has 1 amide bonds. The minimum absolute atomic E-state index is 0.217. The Morgan fingerprint density at radius 2 is 2.09 bits per heavy atom. The molecule has 0 radical (unpaired) electrons. The van der Waals surface area contributed by atoms with E-state index in [9.17, 15) is 4.79 Å². The zero-order valence-corrected chi connectivity index (χ0v) is 13.8. The summed E-state index contributed by atoms with van der Waals surface area (Å²) in [6, 6.07) is 10.1. The Labute approximate surface area is 137 Å². The highest BCUT2D eigenvalue weighted by Gasteiger charge is 2.25. The zero-order valence-electron chi connectivity index (χ0n) is 13.8. The molecule has 1 aliphatic heterocycles. The van der Waals surface area contributed by atoms with Gasteiger partial charge in [0.25, 0.3) is 0 Å². The lowest BCUT2D eigenvalue weighted by Crippen LogP contribution is -2.40. The van der Waals surface area contributed by atoms with Crippen molar-refractivity contribution >= 4 is 5.91 Å². The first-order valence-corrected chi connectivity index (χ1v) is 8.25. The number of piperidine rings is 1. The van der Waals surface area contributed by atoms with Crippen LogP contribution in [0, 0.1) is 13.8 Å². The van der Waals surface area contributed by atoms with Gasteiger partial charge in [0.05, 0.1) is 6.42 Å². The Bertz CT molecular complexity index is 699. The molecule has 2 aromatic rings. The topological polar surface area (TPSA) is 46.1 Å². The monoisotopic (exact) mass is 309 g/mol. The summed E-state index contributed by atoms with van der Waals surface area (Å²) >= 11 is 0. The summed E-state index contributed by atoms with van der Waals surface area (Å²) in [7, 11) is 0. The van der Waals surface area contributed by atoms with Gasteiger partial charge in [0.2, 0.25) is 5.91 Å². The van der Waals surface area contributed by atoms with Gasteiger partial charge in [-0.1, -0.05) is 24.3 Å². The molecule has 120 valence electrons. The van der Waals surface area contributed by atoms with Crippen molar-refractivity contribution in [3.8, 4) is 0 Å². The quantitative estimate of drug-likeness (QED) is 0.875. The van der Waals surface area contributed by atoms with E-state index in [2.05, 4.69) is 23.0 Å². The summed E-state index contributed by atoms with van der Waals surface area (Å²) in [4.78, 5) is 23.4. The van der Waals surface area contributed by atoms with Crippen molar-refractivity contribution in [2.24, 2.45) is 0 Å². The van der Waals surface area contributed by atoms with Crippen molar-refractivity contribution in [3.05, 3.63) is 59.2 Å². The van der Waals surface area contributed by atoms with Gasteiger partial charge in [-0.25, -0.2) is 9.97 Å². The van der Waals surface area contributed by atoms with Crippen molar-refractivity contribution in [1.29, 1.82) is 0 Å². The predicted molar refractivity (Wildman–Crippen MR) is 90.2 cm³/mol. The van der Waals surface area contributed by atoms with Gasteiger partial charge in [-0.05, 0) is 43.9 Å². The maximum Gasteiger partial charge on any atom is 0.227 e. The van der Waals surface area contributed by atoms with E-state index in [-0.39, 0.29) is 5.91 Å². The van der Waals surface area contributed by atoms with E-state index in [0.29, 0.717) is 12.3 Å². The SMILES string of the molecule is Cc1nccc([C@@H]2CCCN(C(=O)Cc3ccccc3C)C2)n1. The second kappa shape index (κ2) is 6.90. The van der Waals surface area contributed by atoms with Crippen LogP contribution >= 0.6 is 0 Å². The van der Waals surface area contributed by atoms with Gasteiger partial charge in [0.15, 0.2) is 0 Å². The second-order valence-electron chi connectivity index (χ2n) is 6.31. The van der Waals surface area contributed by atoms with Crippen molar-refractivity contribution in [1.82, 2.24) is 14.9 Å².